The molecule has 0 bridgehead atoms. The highest BCUT2D eigenvalue weighted by molar-refractivity contribution is 6.32. The molecular weight excluding hydrogens is 477 g/mol. The Kier molecular flexibility index (Phi) is 8.60. The Morgan fingerprint density at radius 1 is 1.03 bits per heavy atom. The van der Waals surface area contributed by atoms with Crippen molar-refractivity contribution in [3.63, 3.8) is 0 Å². The van der Waals surface area contributed by atoms with E-state index >= 15 is 0 Å². The van der Waals surface area contributed by atoms with Crippen LogP contribution in [0.3, 0.4) is 0 Å². The zero-order chi connectivity index (χ0) is 25.5. The Labute approximate surface area is 216 Å². The zero-order valence-electron chi connectivity index (χ0n) is 20.7. The van der Waals surface area contributed by atoms with Crippen LogP contribution in [0.15, 0.2) is 60.7 Å². The molecule has 1 aromatic heterocycles. The fourth-order valence-electron chi connectivity index (χ4n) is 4.27. The highest BCUT2D eigenvalue weighted by atomic mass is 35.5. The summed E-state index contributed by atoms with van der Waals surface area (Å²) in [5.74, 6) is 1.31. The summed E-state index contributed by atoms with van der Waals surface area (Å²) in [4.78, 5) is 17.1. The molecule has 0 fully saturated rings. The van der Waals surface area contributed by atoms with Gasteiger partial charge >= 0.3 is 0 Å². The van der Waals surface area contributed by atoms with Gasteiger partial charge in [0, 0.05) is 30.1 Å². The number of amides is 1. The lowest BCUT2D eigenvalue weighted by molar-refractivity contribution is 0.0953. The normalized spacial score (nSPS) is 11.1. The Bertz CT molecular complexity index is 1310. The number of nitrogens with one attached hydrogen (secondary N) is 1. The van der Waals surface area contributed by atoms with Crippen molar-refractivity contribution >= 4 is 28.5 Å². The van der Waals surface area contributed by atoms with Crippen LogP contribution in [-0.4, -0.2) is 28.6 Å². The first kappa shape index (κ1) is 25.7. The number of carbonyl (C=O) groups excluding carboxylic acids is 1. The fourth-order valence-corrected chi connectivity index (χ4v) is 4.38. The topological polar surface area (TPSA) is 56.1 Å². The zero-order valence-corrected chi connectivity index (χ0v) is 21.4. The maximum atomic E-state index is 13.1. The third-order valence-corrected chi connectivity index (χ3v) is 6.75. The summed E-state index contributed by atoms with van der Waals surface area (Å²) in [5, 5.41) is 3.69. The Balaban J connectivity index is 1.29. The van der Waals surface area contributed by atoms with Gasteiger partial charge in [0.2, 0.25) is 0 Å². The highest BCUT2D eigenvalue weighted by Gasteiger charge is 2.11. The molecule has 5 nitrogen and oxygen atoms in total. The maximum absolute atomic E-state index is 13.1. The first-order valence-corrected chi connectivity index (χ1v) is 12.7. The van der Waals surface area contributed by atoms with E-state index in [-0.39, 0.29) is 11.7 Å². The van der Waals surface area contributed by atoms with Gasteiger partial charge in [0.15, 0.2) is 0 Å². The average Bonchev–Trinajstić information content (AvgIpc) is 3.22. The van der Waals surface area contributed by atoms with Crippen molar-refractivity contribution in [1.29, 1.82) is 0 Å². The third kappa shape index (κ3) is 6.43. The lowest BCUT2D eigenvalue weighted by Crippen LogP contribution is -2.25. The van der Waals surface area contributed by atoms with Gasteiger partial charge in [-0.1, -0.05) is 23.7 Å². The van der Waals surface area contributed by atoms with Gasteiger partial charge in [0.1, 0.15) is 17.4 Å². The van der Waals surface area contributed by atoms with Crippen molar-refractivity contribution in [2.75, 3.05) is 13.2 Å². The molecule has 0 saturated heterocycles. The number of aromatic nitrogens is 2. The second-order valence-corrected chi connectivity index (χ2v) is 9.34. The van der Waals surface area contributed by atoms with Gasteiger partial charge in [-0.15, -0.1) is 0 Å². The van der Waals surface area contributed by atoms with Crippen LogP contribution in [0.5, 0.6) is 5.75 Å². The number of benzene rings is 3. The Morgan fingerprint density at radius 2 is 1.75 bits per heavy atom. The van der Waals surface area contributed by atoms with Crippen LogP contribution < -0.4 is 10.1 Å². The molecule has 4 aromatic rings. The molecule has 36 heavy (non-hydrogen) atoms. The molecule has 0 unspecified atom stereocenters. The SMILES string of the molecule is Cc1cc(OCCCCn2c(CCCNC(=O)c3ccc(F)cc3)nc3ccccc32)cc(C)c1Cl. The van der Waals surface area contributed by atoms with Crippen LogP contribution in [0.25, 0.3) is 11.0 Å². The molecule has 0 radical (unpaired) electrons. The largest absolute Gasteiger partial charge is 0.494 e. The van der Waals surface area contributed by atoms with Crippen molar-refractivity contribution in [1.82, 2.24) is 14.9 Å². The van der Waals surface area contributed by atoms with Crippen LogP contribution in [-0.2, 0) is 13.0 Å². The second kappa shape index (κ2) is 12.0. The summed E-state index contributed by atoms with van der Waals surface area (Å²) >= 11 is 6.25. The number of unbranched alkanes of at least 4 members (excludes halogenated alkanes) is 1. The van der Waals surface area contributed by atoms with Crippen molar-refractivity contribution < 1.29 is 13.9 Å². The summed E-state index contributed by atoms with van der Waals surface area (Å²) in [6.07, 6.45) is 3.38. The van der Waals surface area contributed by atoms with Crippen molar-refractivity contribution in [3.05, 3.63) is 94.0 Å². The minimum Gasteiger partial charge on any atom is -0.494 e. The van der Waals surface area contributed by atoms with Crippen LogP contribution in [0, 0.1) is 19.7 Å². The molecule has 0 aliphatic heterocycles. The summed E-state index contributed by atoms with van der Waals surface area (Å²) in [6, 6.07) is 17.7. The lowest BCUT2D eigenvalue weighted by Gasteiger charge is -2.12. The van der Waals surface area contributed by atoms with E-state index in [1.165, 1.54) is 24.3 Å². The maximum Gasteiger partial charge on any atom is 0.251 e. The fraction of sp³-hybridized carbons (Fsp3) is 0.310. The van der Waals surface area contributed by atoms with E-state index in [0.717, 1.165) is 71.0 Å². The number of imidazole rings is 1. The first-order chi connectivity index (χ1) is 17.4. The van der Waals surface area contributed by atoms with Crippen molar-refractivity contribution in [2.24, 2.45) is 0 Å². The van der Waals surface area contributed by atoms with Gasteiger partial charge < -0.3 is 14.6 Å². The van der Waals surface area contributed by atoms with E-state index in [1.807, 2.05) is 44.2 Å². The minimum absolute atomic E-state index is 0.199. The summed E-state index contributed by atoms with van der Waals surface area (Å²) in [6.45, 7) is 5.98. The van der Waals surface area contributed by atoms with Crippen LogP contribution >= 0.6 is 11.6 Å². The van der Waals surface area contributed by atoms with E-state index in [1.54, 1.807) is 0 Å². The molecule has 0 aliphatic carbocycles. The van der Waals surface area contributed by atoms with Crippen LogP contribution in [0.1, 0.15) is 46.6 Å². The first-order valence-electron chi connectivity index (χ1n) is 12.3. The molecule has 4 rings (SSSR count). The van der Waals surface area contributed by atoms with E-state index in [4.69, 9.17) is 21.3 Å². The Hall–Kier alpha value is -3.38. The average molecular weight is 508 g/mol. The van der Waals surface area contributed by atoms with Gasteiger partial charge in [0.05, 0.1) is 17.6 Å². The number of ether oxygens (including phenoxy) is 1. The molecule has 0 atom stereocenters. The molecular formula is C29H31ClFN3O2. The number of fused-ring (bicyclic) bond motifs is 1. The summed E-state index contributed by atoms with van der Waals surface area (Å²) in [7, 11) is 0. The summed E-state index contributed by atoms with van der Waals surface area (Å²) < 4.78 is 21.3. The molecule has 1 heterocycles. The minimum atomic E-state index is -0.354. The number of halogens is 2. The van der Waals surface area contributed by atoms with E-state index < -0.39 is 0 Å². The van der Waals surface area contributed by atoms with Crippen LogP contribution in [0.2, 0.25) is 5.02 Å². The molecule has 1 N–H and O–H groups in total. The molecule has 0 spiro atoms. The predicted molar refractivity (Wildman–Crippen MR) is 142 cm³/mol. The van der Waals surface area contributed by atoms with Gasteiger partial charge in [-0.2, -0.15) is 0 Å². The summed E-state index contributed by atoms with van der Waals surface area (Å²) in [5.41, 5.74) is 4.60. The standard InChI is InChI=1S/C29H31ClFN3O2/c1-20-18-24(19-21(2)28(20)30)36-17-6-5-16-34-26-9-4-3-8-25(26)33-27(34)10-7-15-32-29(35)22-11-13-23(31)14-12-22/h3-4,8-9,11-14,18-19H,5-7,10,15-17H2,1-2H3,(H,32,35). The number of nitrogens with zero attached hydrogens (tertiary/aromatic N) is 2. The van der Waals surface area contributed by atoms with E-state index in [9.17, 15) is 9.18 Å². The molecule has 3 aromatic carbocycles. The molecule has 0 aliphatic rings. The molecule has 7 heteroatoms. The third-order valence-electron chi connectivity index (χ3n) is 6.16. The lowest BCUT2D eigenvalue weighted by atomic mass is 10.1. The number of para-hydroxylation sites is 2. The molecule has 188 valence electrons. The predicted octanol–water partition coefficient (Wildman–Crippen LogP) is 6.67. The van der Waals surface area contributed by atoms with Crippen molar-refractivity contribution in [3.8, 4) is 5.75 Å². The highest BCUT2D eigenvalue weighted by Crippen LogP contribution is 2.26. The second-order valence-electron chi connectivity index (χ2n) is 8.96. The number of hydrogen-bond donors (Lipinski definition) is 1. The van der Waals surface area contributed by atoms with E-state index in [2.05, 4.69) is 16.0 Å². The molecule has 1 amide bonds. The van der Waals surface area contributed by atoms with E-state index in [0.29, 0.717) is 18.7 Å². The van der Waals surface area contributed by atoms with Gasteiger partial charge in [-0.05, 0) is 92.8 Å². The number of aryl methyl sites for hydroxylation is 4. The quantitative estimate of drug-likeness (QED) is 0.231. The number of hydrogen-bond acceptors (Lipinski definition) is 3. The smallest absolute Gasteiger partial charge is 0.251 e. The molecule has 0 saturated carbocycles. The van der Waals surface area contributed by atoms with Crippen molar-refractivity contribution in [2.45, 2.75) is 46.1 Å². The number of carbonyl (C=O) groups is 1. The van der Waals surface area contributed by atoms with Crippen LogP contribution in [0.4, 0.5) is 4.39 Å². The Morgan fingerprint density at radius 3 is 2.50 bits per heavy atom. The van der Waals surface area contributed by atoms with Gasteiger partial charge in [-0.25, -0.2) is 9.37 Å². The van der Waals surface area contributed by atoms with Gasteiger partial charge in [0.25, 0.3) is 5.91 Å². The van der Waals surface area contributed by atoms with Gasteiger partial charge in [-0.3, -0.25) is 4.79 Å². The monoisotopic (exact) mass is 507 g/mol. The number of rotatable bonds is 11.